The van der Waals surface area contributed by atoms with Crippen molar-refractivity contribution in [1.29, 1.82) is 0 Å². The Morgan fingerprint density at radius 2 is 1.86 bits per heavy atom. The molecule has 0 spiro atoms. The second kappa shape index (κ2) is 8.66. The summed E-state index contributed by atoms with van der Waals surface area (Å²) < 4.78 is 0.902. The first-order chi connectivity index (χ1) is 13.6. The number of benzene rings is 2. The second-order valence-electron chi connectivity index (χ2n) is 8.83. The van der Waals surface area contributed by atoms with E-state index in [9.17, 15) is 15.0 Å². The molecule has 1 amide bonds. The summed E-state index contributed by atoms with van der Waals surface area (Å²) in [5.74, 6) is -0.0184. The van der Waals surface area contributed by atoms with Gasteiger partial charge in [0.05, 0.1) is 6.10 Å². The molecule has 0 aromatic heterocycles. The Morgan fingerprint density at radius 1 is 1.21 bits per heavy atom. The zero-order valence-corrected chi connectivity index (χ0v) is 19.2. The number of aliphatic hydroxyl groups is 1. The van der Waals surface area contributed by atoms with E-state index in [-0.39, 0.29) is 17.4 Å². The first kappa shape index (κ1) is 22.1. The van der Waals surface area contributed by atoms with Gasteiger partial charge in [-0.1, -0.05) is 66.5 Å². The van der Waals surface area contributed by atoms with Crippen molar-refractivity contribution in [1.82, 2.24) is 4.90 Å². The highest BCUT2D eigenvalue weighted by Crippen LogP contribution is 2.42. The molecule has 1 aliphatic heterocycles. The average molecular weight is 481 g/mol. The van der Waals surface area contributed by atoms with E-state index in [0.29, 0.717) is 24.4 Å². The number of hydrogen-bond acceptors (Lipinski definition) is 2. The SMILES string of the molecule is CC(C)(C)C1CC(C(O)c2cc(Br)ccc2-c2ccc(Cl)cc2)CCN1C(=O)O. The number of likely N-dealkylation sites (tertiary alicyclic amines) is 1. The summed E-state index contributed by atoms with van der Waals surface area (Å²) in [5, 5.41) is 21.6. The highest BCUT2D eigenvalue weighted by molar-refractivity contribution is 9.10. The van der Waals surface area contributed by atoms with Gasteiger partial charge in [-0.25, -0.2) is 4.79 Å². The van der Waals surface area contributed by atoms with Gasteiger partial charge in [-0.15, -0.1) is 0 Å². The minimum absolute atomic E-state index is 0.0184. The van der Waals surface area contributed by atoms with Crippen LogP contribution in [0.25, 0.3) is 11.1 Å². The number of carboxylic acid groups (broad SMARTS) is 1. The number of aliphatic hydroxyl groups excluding tert-OH is 1. The van der Waals surface area contributed by atoms with E-state index in [1.807, 2.05) is 42.5 Å². The summed E-state index contributed by atoms with van der Waals surface area (Å²) >= 11 is 9.56. The Balaban J connectivity index is 1.94. The van der Waals surface area contributed by atoms with Gasteiger partial charge < -0.3 is 15.1 Å². The minimum atomic E-state index is -0.887. The van der Waals surface area contributed by atoms with Crippen LogP contribution in [-0.2, 0) is 0 Å². The molecule has 29 heavy (non-hydrogen) atoms. The van der Waals surface area contributed by atoms with Gasteiger partial charge in [-0.3, -0.25) is 0 Å². The summed E-state index contributed by atoms with van der Waals surface area (Å²) in [5.41, 5.74) is 2.60. The van der Waals surface area contributed by atoms with Crippen LogP contribution in [0.15, 0.2) is 46.9 Å². The van der Waals surface area contributed by atoms with Crippen LogP contribution in [0.4, 0.5) is 4.79 Å². The maximum atomic E-state index is 11.7. The Hall–Kier alpha value is -1.56. The number of carbonyl (C=O) groups is 1. The molecule has 1 fully saturated rings. The van der Waals surface area contributed by atoms with Crippen LogP contribution in [-0.4, -0.2) is 33.8 Å². The fourth-order valence-electron chi connectivity index (χ4n) is 4.25. The molecular formula is C23H27BrClNO3. The average Bonchev–Trinajstić information content (AvgIpc) is 2.67. The number of halogens is 2. The summed E-state index contributed by atoms with van der Waals surface area (Å²) in [4.78, 5) is 13.2. The van der Waals surface area contributed by atoms with Gasteiger partial charge in [0.1, 0.15) is 0 Å². The van der Waals surface area contributed by atoms with E-state index in [0.717, 1.165) is 21.2 Å². The molecule has 0 bridgehead atoms. The molecule has 0 aliphatic carbocycles. The summed E-state index contributed by atoms with van der Waals surface area (Å²) in [6.45, 7) is 6.60. The first-order valence-corrected chi connectivity index (χ1v) is 11.0. The Kier molecular flexibility index (Phi) is 6.61. The minimum Gasteiger partial charge on any atom is -0.465 e. The van der Waals surface area contributed by atoms with Crippen LogP contribution in [0.3, 0.4) is 0 Å². The van der Waals surface area contributed by atoms with Gasteiger partial charge in [0.25, 0.3) is 0 Å². The predicted molar refractivity (Wildman–Crippen MR) is 120 cm³/mol. The topological polar surface area (TPSA) is 60.8 Å². The third-order valence-corrected chi connectivity index (χ3v) is 6.57. The standard InChI is InChI=1S/C23H27BrClNO3/c1-23(2,3)20-12-15(10-11-26(20)22(28)29)21(27)19-13-16(24)6-9-18(19)14-4-7-17(25)8-5-14/h4-9,13,15,20-21,27H,10-12H2,1-3H3,(H,28,29). The van der Waals surface area contributed by atoms with Crippen LogP contribution in [0.5, 0.6) is 0 Å². The molecule has 2 N–H and O–H groups in total. The van der Waals surface area contributed by atoms with Crippen molar-refractivity contribution >= 4 is 33.6 Å². The van der Waals surface area contributed by atoms with Crippen molar-refractivity contribution in [3.63, 3.8) is 0 Å². The number of piperidine rings is 1. The van der Waals surface area contributed by atoms with Gasteiger partial charge >= 0.3 is 6.09 Å². The van der Waals surface area contributed by atoms with Gasteiger partial charge in [-0.2, -0.15) is 0 Å². The molecule has 2 aromatic rings. The van der Waals surface area contributed by atoms with Crippen molar-refractivity contribution in [2.45, 2.75) is 45.8 Å². The third-order valence-electron chi connectivity index (χ3n) is 5.82. The van der Waals surface area contributed by atoms with E-state index in [1.54, 1.807) is 0 Å². The fourth-order valence-corrected chi connectivity index (χ4v) is 4.76. The van der Waals surface area contributed by atoms with E-state index in [4.69, 9.17) is 11.6 Å². The highest BCUT2D eigenvalue weighted by atomic mass is 79.9. The van der Waals surface area contributed by atoms with Crippen LogP contribution in [0.2, 0.25) is 5.02 Å². The van der Waals surface area contributed by atoms with E-state index >= 15 is 0 Å². The molecule has 3 rings (SSSR count). The van der Waals surface area contributed by atoms with Crippen molar-refractivity contribution in [2.75, 3.05) is 6.54 Å². The maximum Gasteiger partial charge on any atom is 0.407 e. The largest absolute Gasteiger partial charge is 0.465 e. The lowest BCUT2D eigenvalue weighted by Crippen LogP contribution is -2.52. The molecule has 3 unspecified atom stereocenters. The molecule has 4 nitrogen and oxygen atoms in total. The van der Waals surface area contributed by atoms with E-state index in [1.165, 1.54) is 4.90 Å². The number of nitrogens with zero attached hydrogens (tertiary/aromatic N) is 1. The van der Waals surface area contributed by atoms with Crippen LogP contribution < -0.4 is 0 Å². The lowest BCUT2D eigenvalue weighted by Gasteiger charge is -2.45. The number of hydrogen-bond donors (Lipinski definition) is 2. The van der Waals surface area contributed by atoms with Crippen molar-refractivity contribution in [3.8, 4) is 11.1 Å². The fraction of sp³-hybridized carbons (Fsp3) is 0.435. The molecule has 1 saturated heterocycles. The van der Waals surface area contributed by atoms with Crippen molar-refractivity contribution in [3.05, 3.63) is 57.5 Å². The smallest absolute Gasteiger partial charge is 0.407 e. The molecular weight excluding hydrogens is 454 g/mol. The summed E-state index contributed by atoms with van der Waals surface area (Å²) in [6.07, 6.45) is -0.308. The zero-order valence-electron chi connectivity index (χ0n) is 16.9. The Labute approximate surface area is 185 Å². The lowest BCUT2D eigenvalue weighted by atomic mass is 9.74. The normalized spacial score (nSPS) is 21.1. The van der Waals surface area contributed by atoms with Crippen molar-refractivity contribution in [2.24, 2.45) is 11.3 Å². The monoisotopic (exact) mass is 479 g/mol. The van der Waals surface area contributed by atoms with Crippen LogP contribution in [0, 0.1) is 11.3 Å². The lowest BCUT2D eigenvalue weighted by molar-refractivity contribution is -0.000684. The van der Waals surface area contributed by atoms with Gasteiger partial charge in [0, 0.05) is 22.1 Å². The molecule has 0 saturated carbocycles. The molecule has 156 valence electrons. The van der Waals surface area contributed by atoms with E-state index < -0.39 is 12.2 Å². The Morgan fingerprint density at radius 3 is 2.45 bits per heavy atom. The van der Waals surface area contributed by atoms with Gasteiger partial charge in [0.15, 0.2) is 0 Å². The second-order valence-corrected chi connectivity index (χ2v) is 10.2. The van der Waals surface area contributed by atoms with Gasteiger partial charge in [-0.05, 0) is 65.1 Å². The molecule has 1 aliphatic rings. The molecule has 1 heterocycles. The van der Waals surface area contributed by atoms with Crippen LogP contribution in [0.1, 0.15) is 45.3 Å². The first-order valence-electron chi connectivity index (χ1n) is 9.81. The summed E-state index contributed by atoms with van der Waals surface area (Å²) in [7, 11) is 0. The molecule has 3 atom stereocenters. The number of amides is 1. The third kappa shape index (κ3) is 4.96. The maximum absolute atomic E-state index is 11.7. The van der Waals surface area contributed by atoms with Crippen LogP contribution >= 0.6 is 27.5 Å². The Bertz CT molecular complexity index is 879. The number of rotatable bonds is 3. The zero-order chi connectivity index (χ0) is 21.3. The quantitative estimate of drug-likeness (QED) is 0.520. The molecule has 6 heteroatoms. The van der Waals surface area contributed by atoms with Crippen molar-refractivity contribution < 1.29 is 15.0 Å². The summed E-state index contributed by atoms with van der Waals surface area (Å²) in [6, 6.07) is 13.4. The highest BCUT2D eigenvalue weighted by Gasteiger charge is 2.41. The molecule has 2 aromatic carbocycles. The molecule has 0 radical (unpaired) electrons. The predicted octanol–water partition coefficient (Wildman–Crippen LogP) is 6.61. The van der Waals surface area contributed by atoms with E-state index in [2.05, 4.69) is 36.7 Å². The van der Waals surface area contributed by atoms with Gasteiger partial charge in [0.2, 0.25) is 0 Å².